The standard InChI is InChI=1S/C18H12BrF3O/c19-16-8-15(18(20,21)22)9-17(10-16)23-11-12-5-6-13-3-1-2-4-14(13)7-12/h1-10H,11H2. The van der Waals surface area contributed by atoms with Crippen molar-refractivity contribution in [3.8, 4) is 5.75 Å². The second kappa shape index (κ2) is 6.24. The summed E-state index contributed by atoms with van der Waals surface area (Å²) in [5.41, 5.74) is 0.164. The van der Waals surface area contributed by atoms with E-state index in [-0.39, 0.29) is 12.4 Å². The Bertz CT molecular complexity index is 843. The average Bonchev–Trinajstić information content (AvgIpc) is 2.51. The molecule has 0 radical (unpaired) electrons. The molecule has 0 atom stereocenters. The van der Waals surface area contributed by atoms with Crippen molar-refractivity contribution in [2.24, 2.45) is 0 Å². The molecule has 0 bridgehead atoms. The van der Waals surface area contributed by atoms with Crippen LogP contribution in [0.4, 0.5) is 13.2 Å². The normalized spacial score (nSPS) is 11.7. The number of ether oxygens (including phenoxy) is 1. The summed E-state index contributed by atoms with van der Waals surface area (Å²) in [4.78, 5) is 0. The Balaban J connectivity index is 1.80. The Morgan fingerprint density at radius 3 is 2.35 bits per heavy atom. The molecule has 0 aliphatic rings. The molecule has 0 aliphatic carbocycles. The van der Waals surface area contributed by atoms with E-state index in [0.717, 1.165) is 28.5 Å². The number of benzene rings is 3. The van der Waals surface area contributed by atoms with E-state index >= 15 is 0 Å². The van der Waals surface area contributed by atoms with Crippen LogP contribution >= 0.6 is 15.9 Å². The van der Waals surface area contributed by atoms with Crippen molar-refractivity contribution in [2.75, 3.05) is 0 Å². The van der Waals surface area contributed by atoms with E-state index in [9.17, 15) is 13.2 Å². The first-order valence-electron chi connectivity index (χ1n) is 6.90. The maximum absolute atomic E-state index is 12.8. The second-order valence-electron chi connectivity index (χ2n) is 5.14. The van der Waals surface area contributed by atoms with Gasteiger partial charge >= 0.3 is 6.18 Å². The van der Waals surface area contributed by atoms with E-state index in [4.69, 9.17) is 4.74 Å². The number of rotatable bonds is 3. The molecule has 0 saturated carbocycles. The molecule has 3 aromatic carbocycles. The van der Waals surface area contributed by atoms with Gasteiger partial charge in [0.05, 0.1) is 5.56 Å². The molecular weight excluding hydrogens is 369 g/mol. The van der Waals surface area contributed by atoms with Gasteiger partial charge in [0, 0.05) is 4.47 Å². The van der Waals surface area contributed by atoms with Crippen molar-refractivity contribution in [3.05, 3.63) is 76.3 Å². The van der Waals surface area contributed by atoms with Crippen LogP contribution in [0.3, 0.4) is 0 Å². The van der Waals surface area contributed by atoms with Crippen molar-refractivity contribution in [1.29, 1.82) is 0 Å². The second-order valence-corrected chi connectivity index (χ2v) is 6.06. The third kappa shape index (κ3) is 3.85. The summed E-state index contributed by atoms with van der Waals surface area (Å²) in [6.45, 7) is 0.207. The highest BCUT2D eigenvalue weighted by Gasteiger charge is 2.31. The third-order valence-electron chi connectivity index (χ3n) is 3.42. The Hall–Kier alpha value is -2.01. The summed E-state index contributed by atoms with van der Waals surface area (Å²) in [7, 11) is 0. The molecule has 0 fully saturated rings. The lowest BCUT2D eigenvalue weighted by Gasteiger charge is -2.12. The number of alkyl halides is 3. The van der Waals surface area contributed by atoms with Crippen LogP contribution in [0.25, 0.3) is 10.8 Å². The van der Waals surface area contributed by atoms with E-state index < -0.39 is 11.7 Å². The van der Waals surface area contributed by atoms with Crippen molar-refractivity contribution in [2.45, 2.75) is 12.8 Å². The average molecular weight is 381 g/mol. The number of hydrogen-bond donors (Lipinski definition) is 0. The zero-order valence-electron chi connectivity index (χ0n) is 11.9. The van der Waals surface area contributed by atoms with Crippen molar-refractivity contribution < 1.29 is 17.9 Å². The first kappa shape index (κ1) is 15.9. The molecule has 118 valence electrons. The lowest BCUT2D eigenvalue weighted by atomic mass is 10.1. The molecule has 0 heterocycles. The highest BCUT2D eigenvalue weighted by atomic mass is 79.9. The summed E-state index contributed by atoms with van der Waals surface area (Å²) >= 11 is 3.08. The van der Waals surface area contributed by atoms with Crippen molar-refractivity contribution in [3.63, 3.8) is 0 Å². The van der Waals surface area contributed by atoms with Crippen LogP contribution in [0.15, 0.2) is 65.1 Å². The molecule has 0 saturated heterocycles. The lowest BCUT2D eigenvalue weighted by molar-refractivity contribution is -0.137. The zero-order valence-corrected chi connectivity index (χ0v) is 13.5. The Kier molecular flexibility index (Phi) is 4.31. The molecule has 0 spiro atoms. The van der Waals surface area contributed by atoms with Gasteiger partial charge in [-0.25, -0.2) is 0 Å². The summed E-state index contributed by atoms with van der Waals surface area (Å²) in [5, 5.41) is 2.18. The molecule has 3 rings (SSSR count). The minimum Gasteiger partial charge on any atom is -0.489 e. The van der Waals surface area contributed by atoms with Crippen LogP contribution in [-0.4, -0.2) is 0 Å². The van der Waals surface area contributed by atoms with Crippen LogP contribution in [0, 0.1) is 0 Å². The van der Waals surface area contributed by atoms with E-state index in [1.54, 1.807) is 0 Å². The minimum absolute atomic E-state index is 0.180. The maximum Gasteiger partial charge on any atom is 0.416 e. The largest absolute Gasteiger partial charge is 0.489 e. The van der Waals surface area contributed by atoms with Crippen molar-refractivity contribution in [1.82, 2.24) is 0 Å². The fraction of sp³-hybridized carbons (Fsp3) is 0.111. The summed E-state index contributed by atoms with van der Waals surface area (Å²) in [6, 6.07) is 17.3. The molecular formula is C18H12BrF3O. The fourth-order valence-electron chi connectivity index (χ4n) is 2.30. The first-order chi connectivity index (χ1) is 10.9. The van der Waals surface area contributed by atoms with Gasteiger partial charge in [0.25, 0.3) is 0 Å². The van der Waals surface area contributed by atoms with Crippen molar-refractivity contribution >= 4 is 26.7 Å². The van der Waals surface area contributed by atoms with E-state index in [1.165, 1.54) is 6.07 Å². The SMILES string of the molecule is FC(F)(F)c1cc(Br)cc(OCc2ccc3ccccc3c2)c1. The number of hydrogen-bond acceptors (Lipinski definition) is 1. The van der Waals surface area contributed by atoms with E-state index in [2.05, 4.69) is 15.9 Å². The van der Waals surface area contributed by atoms with Gasteiger partial charge in [0.2, 0.25) is 0 Å². The highest BCUT2D eigenvalue weighted by Crippen LogP contribution is 2.34. The van der Waals surface area contributed by atoms with Crippen LogP contribution < -0.4 is 4.74 Å². The molecule has 0 N–H and O–H groups in total. The van der Waals surface area contributed by atoms with Gasteiger partial charge in [-0.15, -0.1) is 0 Å². The topological polar surface area (TPSA) is 9.23 Å². The van der Waals surface area contributed by atoms with Gasteiger partial charge in [0.15, 0.2) is 0 Å². The van der Waals surface area contributed by atoms with Gasteiger partial charge in [-0.1, -0.05) is 52.3 Å². The number of halogens is 4. The molecule has 0 unspecified atom stereocenters. The molecule has 3 aromatic rings. The quantitative estimate of drug-likeness (QED) is 0.525. The summed E-state index contributed by atoms with van der Waals surface area (Å²) < 4.78 is 44.3. The fourth-order valence-corrected chi connectivity index (χ4v) is 2.78. The van der Waals surface area contributed by atoms with Gasteiger partial charge in [0.1, 0.15) is 12.4 Å². The van der Waals surface area contributed by atoms with Crippen LogP contribution in [-0.2, 0) is 12.8 Å². The molecule has 0 aliphatic heterocycles. The van der Waals surface area contributed by atoms with E-state index in [0.29, 0.717) is 4.47 Å². The van der Waals surface area contributed by atoms with Crippen LogP contribution in [0.2, 0.25) is 0 Å². The monoisotopic (exact) mass is 380 g/mol. The highest BCUT2D eigenvalue weighted by molar-refractivity contribution is 9.10. The zero-order chi connectivity index (χ0) is 16.4. The number of fused-ring (bicyclic) bond motifs is 1. The molecule has 1 nitrogen and oxygen atoms in total. The molecule has 0 aromatic heterocycles. The van der Waals surface area contributed by atoms with Crippen LogP contribution in [0.1, 0.15) is 11.1 Å². The lowest BCUT2D eigenvalue weighted by Crippen LogP contribution is -2.05. The van der Waals surface area contributed by atoms with Gasteiger partial charge < -0.3 is 4.74 Å². The third-order valence-corrected chi connectivity index (χ3v) is 3.88. The predicted molar refractivity (Wildman–Crippen MR) is 87.4 cm³/mol. The maximum atomic E-state index is 12.8. The van der Waals surface area contributed by atoms with Gasteiger partial charge in [-0.2, -0.15) is 13.2 Å². The molecule has 5 heteroatoms. The summed E-state index contributed by atoms with van der Waals surface area (Å²) in [5.74, 6) is 0.180. The minimum atomic E-state index is -4.40. The molecule has 23 heavy (non-hydrogen) atoms. The van der Waals surface area contributed by atoms with E-state index in [1.807, 2.05) is 42.5 Å². The smallest absolute Gasteiger partial charge is 0.416 e. The Morgan fingerprint density at radius 1 is 0.870 bits per heavy atom. The Labute approximate surface area is 139 Å². The Morgan fingerprint density at radius 2 is 1.61 bits per heavy atom. The molecule has 0 amide bonds. The van der Waals surface area contributed by atoms with Gasteiger partial charge in [-0.05, 0) is 40.6 Å². The van der Waals surface area contributed by atoms with Gasteiger partial charge in [-0.3, -0.25) is 0 Å². The first-order valence-corrected chi connectivity index (χ1v) is 7.69. The predicted octanol–water partition coefficient (Wildman–Crippen LogP) is 6.20. The van der Waals surface area contributed by atoms with Crippen LogP contribution in [0.5, 0.6) is 5.75 Å². The summed E-state index contributed by atoms with van der Waals surface area (Å²) in [6.07, 6.45) is -4.40.